The summed E-state index contributed by atoms with van der Waals surface area (Å²) in [6, 6.07) is 20.1. The van der Waals surface area contributed by atoms with Crippen LogP contribution in [-0.2, 0) is 6.42 Å². The van der Waals surface area contributed by atoms with E-state index in [4.69, 9.17) is 4.74 Å². The molecule has 0 bridgehead atoms. The maximum absolute atomic E-state index is 6.11. The maximum Gasteiger partial charge on any atom is 0.119 e. The highest BCUT2D eigenvalue weighted by molar-refractivity contribution is 5.85. The van der Waals surface area contributed by atoms with Crippen molar-refractivity contribution in [1.82, 2.24) is 10.2 Å². The highest BCUT2D eigenvalue weighted by Gasteiger charge is 2.31. The van der Waals surface area contributed by atoms with Gasteiger partial charge in [-0.3, -0.25) is 0 Å². The van der Waals surface area contributed by atoms with E-state index in [1.807, 2.05) is 0 Å². The van der Waals surface area contributed by atoms with Crippen LogP contribution in [0.3, 0.4) is 0 Å². The van der Waals surface area contributed by atoms with Crippen LogP contribution in [0.15, 0.2) is 54.6 Å². The summed E-state index contributed by atoms with van der Waals surface area (Å²) in [5.74, 6) is 2.68. The Hall–Kier alpha value is -1.26. The molecule has 2 fully saturated rings. The number of benzene rings is 2. The van der Waals surface area contributed by atoms with Crippen molar-refractivity contribution in [2.45, 2.75) is 70.8 Å². The monoisotopic (exact) mass is 520 g/mol. The number of likely N-dealkylation sites (tertiary alicyclic amines) is 1. The summed E-state index contributed by atoms with van der Waals surface area (Å²) in [5, 5.41) is 3.66. The van der Waals surface area contributed by atoms with Gasteiger partial charge in [0.1, 0.15) is 5.75 Å². The number of ether oxygens (including phenoxy) is 1. The van der Waals surface area contributed by atoms with Crippen molar-refractivity contribution in [1.29, 1.82) is 0 Å². The molecule has 0 aliphatic carbocycles. The lowest BCUT2D eigenvalue weighted by Gasteiger charge is -2.42. The predicted octanol–water partition coefficient (Wildman–Crippen LogP) is 7.16. The molecule has 2 unspecified atom stereocenters. The second-order valence-corrected chi connectivity index (χ2v) is 10.2. The van der Waals surface area contributed by atoms with Crippen molar-refractivity contribution in [2.24, 2.45) is 11.8 Å². The number of nitrogens with one attached hydrogen (secondary N) is 1. The molecule has 0 radical (unpaired) electrons. The molecule has 0 spiro atoms. The molecule has 5 heteroatoms. The van der Waals surface area contributed by atoms with Crippen LogP contribution >= 0.6 is 24.8 Å². The molecule has 0 aromatic heterocycles. The minimum atomic E-state index is 0. The fourth-order valence-corrected chi connectivity index (χ4v) is 5.79. The van der Waals surface area contributed by atoms with Crippen molar-refractivity contribution in [3.63, 3.8) is 0 Å². The van der Waals surface area contributed by atoms with E-state index in [0.717, 1.165) is 36.7 Å². The molecule has 0 amide bonds. The van der Waals surface area contributed by atoms with E-state index in [0.29, 0.717) is 0 Å². The van der Waals surface area contributed by atoms with Crippen LogP contribution in [0.4, 0.5) is 0 Å². The Kier molecular flexibility index (Phi) is 14.1. The highest BCUT2D eigenvalue weighted by Crippen LogP contribution is 2.29. The SMILES string of the molecule is CCCCC(C1CCCNC1)N1CCC(CCOc2ccc(Cc3ccccc3)cc2)CC1.Cl.Cl. The Balaban J connectivity index is 0.00000216. The van der Waals surface area contributed by atoms with Crippen molar-refractivity contribution >= 4 is 24.8 Å². The van der Waals surface area contributed by atoms with Crippen molar-refractivity contribution in [3.8, 4) is 5.75 Å². The van der Waals surface area contributed by atoms with Crippen LogP contribution in [0, 0.1) is 11.8 Å². The average molecular weight is 522 g/mol. The Morgan fingerprint density at radius 2 is 1.66 bits per heavy atom. The molecular weight excluding hydrogens is 475 g/mol. The van der Waals surface area contributed by atoms with Gasteiger partial charge >= 0.3 is 0 Å². The van der Waals surface area contributed by atoms with Gasteiger partial charge in [-0.25, -0.2) is 0 Å². The molecule has 2 aromatic carbocycles. The van der Waals surface area contributed by atoms with Crippen LogP contribution in [-0.4, -0.2) is 43.7 Å². The van der Waals surface area contributed by atoms with Crippen molar-refractivity contribution in [3.05, 3.63) is 65.7 Å². The van der Waals surface area contributed by atoms with Crippen LogP contribution in [0.2, 0.25) is 0 Å². The van der Waals surface area contributed by atoms with Gasteiger partial charge in [0.25, 0.3) is 0 Å². The third-order valence-corrected chi connectivity index (χ3v) is 7.82. The van der Waals surface area contributed by atoms with E-state index < -0.39 is 0 Å². The molecule has 1 N–H and O–H groups in total. The number of hydrogen-bond acceptors (Lipinski definition) is 3. The van der Waals surface area contributed by atoms with Crippen LogP contribution in [0.25, 0.3) is 0 Å². The summed E-state index contributed by atoms with van der Waals surface area (Å²) >= 11 is 0. The molecule has 2 saturated heterocycles. The Morgan fingerprint density at radius 3 is 2.31 bits per heavy atom. The Morgan fingerprint density at radius 1 is 0.943 bits per heavy atom. The number of rotatable bonds is 11. The molecular formula is C30H46Cl2N2O. The number of piperidine rings is 2. The fourth-order valence-electron chi connectivity index (χ4n) is 5.79. The summed E-state index contributed by atoms with van der Waals surface area (Å²) in [6.07, 6.45) is 11.7. The summed E-state index contributed by atoms with van der Waals surface area (Å²) < 4.78 is 6.11. The van der Waals surface area contributed by atoms with E-state index in [-0.39, 0.29) is 24.8 Å². The van der Waals surface area contributed by atoms with E-state index in [2.05, 4.69) is 71.7 Å². The topological polar surface area (TPSA) is 24.5 Å². The van der Waals surface area contributed by atoms with Crippen molar-refractivity contribution < 1.29 is 4.74 Å². The summed E-state index contributed by atoms with van der Waals surface area (Å²) in [5.41, 5.74) is 2.70. The summed E-state index contributed by atoms with van der Waals surface area (Å²) in [6.45, 7) is 8.18. The summed E-state index contributed by atoms with van der Waals surface area (Å²) in [4.78, 5) is 2.84. The second-order valence-electron chi connectivity index (χ2n) is 10.2. The molecule has 2 atom stereocenters. The lowest BCUT2D eigenvalue weighted by Crippen LogP contribution is -2.49. The molecule has 35 heavy (non-hydrogen) atoms. The van der Waals surface area contributed by atoms with Gasteiger partial charge in [-0.1, -0.05) is 62.2 Å². The zero-order chi connectivity index (χ0) is 22.7. The molecule has 196 valence electrons. The van der Waals surface area contributed by atoms with Gasteiger partial charge in [0.2, 0.25) is 0 Å². The first-order valence-corrected chi connectivity index (χ1v) is 13.5. The summed E-state index contributed by atoms with van der Waals surface area (Å²) in [7, 11) is 0. The fraction of sp³-hybridized carbons (Fsp3) is 0.600. The van der Waals surface area contributed by atoms with Crippen LogP contribution in [0.5, 0.6) is 5.75 Å². The molecule has 2 aromatic rings. The molecule has 2 aliphatic rings. The Bertz CT molecular complexity index is 788. The van der Waals surface area contributed by atoms with Gasteiger partial charge in [0.15, 0.2) is 0 Å². The number of hydrogen-bond donors (Lipinski definition) is 1. The van der Waals surface area contributed by atoms with Crippen molar-refractivity contribution in [2.75, 3.05) is 32.8 Å². The highest BCUT2D eigenvalue weighted by atomic mass is 35.5. The van der Waals surface area contributed by atoms with Gasteiger partial charge in [0.05, 0.1) is 6.61 Å². The molecule has 2 heterocycles. The molecule has 4 rings (SSSR count). The zero-order valence-corrected chi connectivity index (χ0v) is 23.1. The van der Waals surface area contributed by atoms with E-state index in [9.17, 15) is 0 Å². The van der Waals surface area contributed by atoms with Crippen LogP contribution < -0.4 is 10.1 Å². The van der Waals surface area contributed by atoms with Gasteiger partial charge in [-0.05, 0) is 106 Å². The first-order chi connectivity index (χ1) is 16.3. The first kappa shape index (κ1) is 30.0. The zero-order valence-electron chi connectivity index (χ0n) is 21.5. The number of unbranched alkanes of at least 4 members (excludes halogenated alkanes) is 1. The first-order valence-electron chi connectivity index (χ1n) is 13.5. The molecule has 2 aliphatic heterocycles. The quantitative estimate of drug-likeness (QED) is 0.340. The third kappa shape index (κ3) is 9.61. The third-order valence-electron chi connectivity index (χ3n) is 7.82. The minimum absolute atomic E-state index is 0. The Labute approximate surface area is 226 Å². The van der Waals surface area contributed by atoms with E-state index in [1.165, 1.54) is 88.7 Å². The van der Waals surface area contributed by atoms with Crippen LogP contribution in [0.1, 0.15) is 69.4 Å². The minimum Gasteiger partial charge on any atom is -0.494 e. The van der Waals surface area contributed by atoms with Gasteiger partial charge in [-0.15, -0.1) is 24.8 Å². The van der Waals surface area contributed by atoms with Gasteiger partial charge in [-0.2, -0.15) is 0 Å². The van der Waals surface area contributed by atoms with Gasteiger partial charge < -0.3 is 15.0 Å². The molecule has 0 saturated carbocycles. The van der Waals surface area contributed by atoms with Gasteiger partial charge in [0, 0.05) is 6.04 Å². The standard InChI is InChI=1S/C30H44N2O.2ClH/c1-2-3-11-30(28-10-7-19-31-24-28)32-20-16-25(17-21-32)18-22-33-29-14-12-27(13-15-29)23-26-8-5-4-6-9-26;;/h4-6,8-9,12-15,25,28,30-31H,2-3,7,10-11,16-24H2,1H3;2*1H. The largest absolute Gasteiger partial charge is 0.494 e. The lowest BCUT2D eigenvalue weighted by atomic mass is 9.85. The van der Waals surface area contributed by atoms with E-state index in [1.54, 1.807) is 0 Å². The predicted molar refractivity (Wildman–Crippen MR) is 154 cm³/mol. The second kappa shape index (κ2) is 16.5. The van der Waals surface area contributed by atoms with E-state index >= 15 is 0 Å². The lowest BCUT2D eigenvalue weighted by molar-refractivity contribution is 0.0716. The average Bonchev–Trinajstić information content (AvgIpc) is 2.87. The number of nitrogens with zero attached hydrogens (tertiary/aromatic N) is 1. The number of halogens is 2. The molecule has 3 nitrogen and oxygen atoms in total. The smallest absolute Gasteiger partial charge is 0.119 e. The normalized spacial score (nSPS) is 19.9. The maximum atomic E-state index is 6.11.